The minimum absolute atomic E-state index is 0.860. The van der Waals surface area contributed by atoms with E-state index >= 15 is 0 Å². The van der Waals surface area contributed by atoms with E-state index in [-0.39, 0.29) is 0 Å². The van der Waals surface area contributed by atoms with Gasteiger partial charge in [-0.15, -0.1) is 0 Å². The van der Waals surface area contributed by atoms with E-state index in [1.165, 1.54) is 5.56 Å². The average molecular weight is 314 g/mol. The molecule has 4 aromatic rings. The van der Waals surface area contributed by atoms with Crippen LogP contribution in [0, 0.1) is 6.92 Å². The zero-order chi connectivity index (χ0) is 16.5. The highest BCUT2D eigenvalue weighted by molar-refractivity contribution is 5.88. The van der Waals surface area contributed by atoms with E-state index in [4.69, 9.17) is 4.74 Å². The number of nitrogens with zero attached hydrogens (tertiary/aromatic N) is 2. The van der Waals surface area contributed by atoms with Crippen LogP contribution >= 0.6 is 0 Å². The van der Waals surface area contributed by atoms with E-state index in [0.717, 1.165) is 33.6 Å². The van der Waals surface area contributed by atoms with Gasteiger partial charge in [-0.05, 0) is 61.0 Å². The van der Waals surface area contributed by atoms with Gasteiger partial charge < -0.3 is 9.30 Å². The van der Waals surface area contributed by atoms with Crippen LogP contribution in [0.5, 0.6) is 5.75 Å². The third kappa shape index (κ3) is 2.44. The van der Waals surface area contributed by atoms with E-state index < -0.39 is 0 Å². The van der Waals surface area contributed by atoms with Crippen molar-refractivity contribution in [3.8, 4) is 22.7 Å². The van der Waals surface area contributed by atoms with Gasteiger partial charge in [0.2, 0.25) is 0 Å². The maximum absolute atomic E-state index is 5.28. The van der Waals surface area contributed by atoms with Crippen molar-refractivity contribution >= 4 is 10.9 Å². The lowest BCUT2D eigenvalue weighted by molar-refractivity contribution is 0.415. The number of pyridine rings is 1. The molecule has 0 radical (unpaired) electrons. The normalized spacial score (nSPS) is 10.9. The Bertz CT molecular complexity index is 983. The van der Waals surface area contributed by atoms with Crippen LogP contribution in [-0.2, 0) is 0 Å². The zero-order valence-corrected chi connectivity index (χ0v) is 13.7. The summed E-state index contributed by atoms with van der Waals surface area (Å²) in [5, 5.41) is 1.13. The first-order chi connectivity index (χ1) is 11.8. The molecule has 0 aliphatic rings. The fourth-order valence-corrected chi connectivity index (χ4v) is 3.00. The SMILES string of the molecule is COc1ccc(-c2cc3cnccc3n2-c2ccc(C)cc2)cc1. The number of fused-ring (bicyclic) bond motifs is 1. The molecule has 4 rings (SSSR count). The first-order valence-electron chi connectivity index (χ1n) is 7.93. The Morgan fingerprint density at radius 2 is 1.67 bits per heavy atom. The third-order valence-electron chi connectivity index (χ3n) is 4.28. The third-order valence-corrected chi connectivity index (χ3v) is 4.28. The van der Waals surface area contributed by atoms with Crippen LogP contribution in [-0.4, -0.2) is 16.7 Å². The number of hydrogen-bond donors (Lipinski definition) is 0. The molecule has 2 aromatic carbocycles. The molecule has 2 heterocycles. The Labute approximate surface area is 141 Å². The van der Waals surface area contributed by atoms with Crippen molar-refractivity contribution in [2.24, 2.45) is 0 Å². The summed E-state index contributed by atoms with van der Waals surface area (Å²) in [5.74, 6) is 0.860. The molecule has 3 heteroatoms. The second kappa shape index (κ2) is 5.85. The maximum Gasteiger partial charge on any atom is 0.118 e. The van der Waals surface area contributed by atoms with Crippen LogP contribution < -0.4 is 4.74 Å². The Balaban J connectivity index is 1.97. The summed E-state index contributed by atoms with van der Waals surface area (Å²) in [7, 11) is 1.68. The second-order valence-corrected chi connectivity index (χ2v) is 5.86. The minimum Gasteiger partial charge on any atom is -0.497 e. The lowest BCUT2D eigenvalue weighted by atomic mass is 10.1. The van der Waals surface area contributed by atoms with Crippen molar-refractivity contribution in [2.45, 2.75) is 6.92 Å². The minimum atomic E-state index is 0.860. The van der Waals surface area contributed by atoms with Crippen molar-refractivity contribution in [1.29, 1.82) is 0 Å². The highest BCUT2D eigenvalue weighted by Gasteiger charge is 2.12. The van der Waals surface area contributed by atoms with Crippen LogP contribution in [0.3, 0.4) is 0 Å². The van der Waals surface area contributed by atoms with Crippen LogP contribution in [0.25, 0.3) is 27.8 Å². The van der Waals surface area contributed by atoms with Gasteiger partial charge in [-0.3, -0.25) is 4.98 Å². The highest BCUT2D eigenvalue weighted by atomic mass is 16.5. The van der Waals surface area contributed by atoms with Gasteiger partial charge in [0.25, 0.3) is 0 Å². The molecule has 0 saturated carbocycles. The Kier molecular flexibility index (Phi) is 3.54. The molecule has 0 saturated heterocycles. The van der Waals surface area contributed by atoms with Crippen molar-refractivity contribution in [1.82, 2.24) is 9.55 Å². The van der Waals surface area contributed by atoms with E-state index in [1.54, 1.807) is 7.11 Å². The molecule has 0 atom stereocenters. The van der Waals surface area contributed by atoms with Gasteiger partial charge in [0, 0.05) is 23.5 Å². The predicted molar refractivity (Wildman–Crippen MR) is 97.8 cm³/mol. The first kappa shape index (κ1) is 14.5. The molecule has 0 spiro atoms. The number of rotatable bonds is 3. The van der Waals surface area contributed by atoms with E-state index in [9.17, 15) is 0 Å². The Morgan fingerprint density at radius 3 is 2.38 bits per heavy atom. The monoisotopic (exact) mass is 314 g/mol. The van der Waals surface area contributed by atoms with Crippen molar-refractivity contribution in [2.75, 3.05) is 7.11 Å². The number of methoxy groups -OCH3 is 1. The summed E-state index contributed by atoms with van der Waals surface area (Å²) in [6, 6.07) is 21.0. The smallest absolute Gasteiger partial charge is 0.118 e. The zero-order valence-electron chi connectivity index (χ0n) is 13.7. The van der Waals surface area contributed by atoms with Gasteiger partial charge in [0.1, 0.15) is 5.75 Å². The van der Waals surface area contributed by atoms with Crippen molar-refractivity contribution in [3.05, 3.63) is 78.6 Å². The van der Waals surface area contributed by atoms with Crippen LogP contribution in [0.4, 0.5) is 0 Å². The molecule has 24 heavy (non-hydrogen) atoms. The summed E-state index contributed by atoms with van der Waals surface area (Å²) in [4.78, 5) is 4.26. The van der Waals surface area contributed by atoms with Crippen LogP contribution in [0.2, 0.25) is 0 Å². The summed E-state index contributed by atoms with van der Waals surface area (Å²) in [5.41, 5.74) is 5.84. The lowest BCUT2D eigenvalue weighted by Crippen LogP contribution is -1.97. The van der Waals surface area contributed by atoms with Crippen molar-refractivity contribution < 1.29 is 4.74 Å². The molecule has 0 amide bonds. The van der Waals surface area contributed by atoms with Gasteiger partial charge in [0.05, 0.1) is 18.3 Å². The molecule has 0 bridgehead atoms. The summed E-state index contributed by atoms with van der Waals surface area (Å²) >= 11 is 0. The molecular formula is C21H18N2O. The summed E-state index contributed by atoms with van der Waals surface area (Å²) in [6.45, 7) is 2.10. The van der Waals surface area contributed by atoms with Gasteiger partial charge in [0.15, 0.2) is 0 Å². The molecule has 118 valence electrons. The molecule has 0 N–H and O–H groups in total. The first-order valence-corrected chi connectivity index (χ1v) is 7.93. The number of aromatic nitrogens is 2. The lowest BCUT2D eigenvalue weighted by Gasteiger charge is -2.12. The van der Waals surface area contributed by atoms with Gasteiger partial charge in [-0.25, -0.2) is 0 Å². The quantitative estimate of drug-likeness (QED) is 0.531. The molecule has 3 nitrogen and oxygen atoms in total. The van der Waals surface area contributed by atoms with E-state index in [0.29, 0.717) is 0 Å². The van der Waals surface area contributed by atoms with E-state index in [2.05, 4.69) is 65.0 Å². The average Bonchev–Trinajstić information content (AvgIpc) is 3.02. The predicted octanol–water partition coefficient (Wildman–Crippen LogP) is 5.01. The van der Waals surface area contributed by atoms with Crippen LogP contribution in [0.1, 0.15) is 5.56 Å². The number of ether oxygens (including phenoxy) is 1. The molecule has 0 fully saturated rings. The Morgan fingerprint density at radius 1 is 0.917 bits per heavy atom. The number of aryl methyl sites for hydroxylation is 1. The fourth-order valence-electron chi connectivity index (χ4n) is 3.00. The molecular weight excluding hydrogens is 296 g/mol. The molecule has 2 aromatic heterocycles. The largest absolute Gasteiger partial charge is 0.497 e. The van der Waals surface area contributed by atoms with E-state index in [1.807, 2.05) is 24.5 Å². The highest BCUT2D eigenvalue weighted by Crippen LogP contribution is 2.32. The standard InChI is InChI=1S/C21H18N2O/c1-15-3-7-18(8-4-15)23-20-11-12-22-14-17(20)13-21(23)16-5-9-19(24-2)10-6-16/h3-14H,1-2H3. The van der Waals surface area contributed by atoms with Gasteiger partial charge in [-0.1, -0.05) is 17.7 Å². The number of benzene rings is 2. The van der Waals surface area contributed by atoms with Gasteiger partial charge in [-0.2, -0.15) is 0 Å². The Hall–Kier alpha value is -3.07. The second-order valence-electron chi connectivity index (χ2n) is 5.86. The van der Waals surface area contributed by atoms with Gasteiger partial charge >= 0.3 is 0 Å². The molecule has 0 unspecified atom stereocenters. The van der Waals surface area contributed by atoms with Crippen LogP contribution in [0.15, 0.2) is 73.1 Å². The topological polar surface area (TPSA) is 27.1 Å². The fraction of sp³-hybridized carbons (Fsp3) is 0.0952. The number of hydrogen-bond acceptors (Lipinski definition) is 2. The van der Waals surface area contributed by atoms with Crippen molar-refractivity contribution in [3.63, 3.8) is 0 Å². The molecule has 0 aliphatic heterocycles. The summed E-state index contributed by atoms with van der Waals surface area (Å²) in [6.07, 6.45) is 3.75. The molecule has 0 aliphatic carbocycles. The summed E-state index contributed by atoms with van der Waals surface area (Å²) < 4.78 is 7.55. The maximum atomic E-state index is 5.28.